The Kier molecular flexibility index (Phi) is 17.6. The number of fused-ring (bicyclic) bond motifs is 21. The molecular formula is C60H68N8O12S6. The van der Waals surface area contributed by atoms with E-state index in [1.165, 1.54) is 36.4 Å². The number of aromatic nitrogens is 8. The first-order valence-corrected chi connectivity index (χ1v) is 39.0. The van der Waals surface area contributed by atoms with E-state index < -0.39 is 99.9 Å². The Bertz CT molecular complexity index is 4660. The highest BCUT2D eigenvalue weighted by molar-refractivity contribution is 7.95. The second-order valence-electron chi connectivity index (χ2n) is 21.9. The quantitative estimate of drug-likeness (QED) is 0.0568. The van der Waals surface area contributed by atoms with Gasteiger partial charge in [0, 0.05) is 43.8 Å². The molecule has 0 amide bonds. The van der Waals surface area contributed by atoms with Gasteiger partial charge in [0.2, 0.25) is 0 Å². The summed E-state index contributed by atoms with van der Waals surface area (Å²) in [4.78, 5) is 33.7. The maximum absolute atomic E-state index is 14.5. The molecule has 2 N–H and O–H groups in total. The van der Waals surface area contributed by atoms with Crippen molar-refractivity contribution in [3.63, 3.8) is 0 Å². The number of H-pyrrole nitrogens is 2. The molecule has 2 aliphatic rings. The summed E-state index contributed by atoms with van der Waals surface area (Å²) in [5.74, 6) is -2.64. The summed E-state index contributed by atoms with van der Waals surface area (Å²) in [5, 5.41) is 1.95. The normalized spacial score (nSPS) is 13.2. The summed E-state index contributed by atoms with van der Waals surface area (Å²) < 4.78 is 174. The molecule has 0 aliphatic carbocycles. The number of hydrogen-bond acceptors (Lipinski definition) is 18. The van der Waals surface area contributed by atoms with E-state index in [1.807, 2.05) is 64.1 Å². The third kappa shape index (κ3) is 12.0. The van der Waals surface area contributed by atoms with Crippen LogP contribution >= 0.6 is 0 Å². The summed E-state index contributed by atoms with van der Waals surface area (Å²) in [7, 11) is -26.0. The van der Waals surface area contributed by atoms with E-state index >= 15 is 0 Å². The van der Waals surface area contributed by atoms with Crippen LogP contribution < -0.4 is 0 Å². The largest absolute Gasteiger partial charge is 0.324 e. The van der Waals surface area contributed by atoms with Crippen molar-refractivity contribution in [1.29, 1.82) is 0 Å². The average Bonchev–Trinajstić information content (AvgIpc) is 2.54. The van der Waals surface area contributed by atoms with Gasteiger partial charge in [0.25, 0.3) is 0 Å². The fraction of sp³-hybridized carbons (Fsp3) is 0.400. The number of benzene rings is 5. The molecular weight excluding hydrogens is 1220 g/mol. The van der Waals surface area contributed by atoms with Gasteiger partial charge in [0.1, 0.15) is 22.6 Å². The first kappa shape index (κ1) is 62.5. The molecule has 3 aromatic heterocycles. The molecule has 20 nitrogen and oxygen atoms in total. The standard InChI is InChI=1S/C60H68N8O12S6/c1-7-13-23-81(69,70)47-31-41-43(33-49(47)83(73,74)25-15-9-3)57-64-55(41)62-53-39-29-37-21-19-20-22-38(37)30-40(39)54(61-53)63-56-42-32-48(82(71,72)24-14-8-2)50(84(75,76)26-16-10-4)34-44(42)58(65-56)67-60-46-36-52(86(79,80)28-18-12-6)51(85(77,78)27-17-11-5)35-45(46)59(66-57)68-60/h19-22,29-36H,7-18,23-28H2,1-6H3,(H2,61,62,63,64,65,66,67,68). The molecule has 8 bridgehead atoms. The van der Waals surface area contributed by atoms with Crippen LogP contribution in [0.4, 0.5) is 0 Å². The van der Waals surface area contributed by atoms with Crippen molar-refractivity contribution < 1.29 is 50.5 Å². The minimum Gasteiger partial charge on any atom is -0.324 e. The number of rotatable bonds is 24. The lowest BCUT2D eigenvalue weighted by molar-refractivity contribution is 0.579. The summed E-state index contributed by atoms with van der Waals surface area (Å²) >= 11 is 0. The van der Waals surface area contributed by atoms with E-state index in [9.17, 15) is 50.5 Å². The Balaban J connectivity index is 1.45. The van der Waals surface area contributed by atoms with Crippen molar-refractivity contribution in [2.24, 2.45) is 0 Å². The minimum atomic E-state index is -4.36. The molecule has 5 aromatic carbocycles. The van der Waals surface area contributed by atoms with Crippen molar-refractivity contribution in [3.05, 3.63) is 72.8 Å². The second-order valence-corrected chi connectivity index (χ2v) is 34.4. The van der Waals surface area contributed by atoms with Gasteiger partial charge in [-0.3, -0.25) is 0 Å². The summed E-state index contributed by atoms with van der Waals surface area (Å²) in [5.41, 5.74) is 0.655. The molecule has 10 rings (SSSR count). The maximum Gasteiger partial charge on any atom is 0.179 e. The molecule has 0 saturated carbocycles. The number of unbranched alkanes of at least 4 members (excludes halogenated alkanes) is 6. The molecule has 0 saturated heterocycles. The van der Waals surface area contributed by atoms with Crippen LogP contribution in [-0.4, -0.2) is 125 Å². The third-order valence-corrected chi connectivity index (χ3v) is 26.9. The highest BCUT2D eigenvalue weighted by Crippen LogP contribution is 2.43. The van der Waals surface area contributed by atoms with Crippen LogP contribution in [0.5, 0.6) is 0 Å². The Hall–Kier alpha value is -6.58. The lowest BCUT2D eigenvalue weighted by atomic mass is 10.0. The van der Waals surface area contributed by atoms with Gasteiger partial charge in [-0.25, -0.2) is 80.4 Å². The van der Waals surface area contributed by atoms with E-state index in [0.29, 0.717) is 49.7 Å². The number of nitrogens with one attached hydrogen (secondary N) is 2. The first-order chi connectivity index (χ1) is 40.8. The van der Waals surface area contributed by atoms with Gasteiger partial charge >= 0.3 is 0 Å². The zero-order valence-electron chi connectivity index (χ0n) is 48.7. The molecule has 8 aromatic rings. The third-order valence-electron chi connectivity index (χ3n) is 15.5. The summed E-state index contributed by atoms with van der Waals surface area (Å²) in [6, 6.07) is 18.6. The SMILES string of the molecule is CCCCS(=O)(=O)c1cc2c(cc1S(=O)(=O)CCCC)-c1nc-2nc2[nH]c(nc3nc(nc4[nH]c(n1)c1cc(S(=O)(=O)CCCC)c(S(=O)(=O)CCCC)cc41)-c1cc4ccccc4cc1-3)c1cc(S(=O)(=O)CCCC)c(S(=O)(=O)CCCC)cc21. The van der Waals surface area contributed by atoms with Gasteiger partial charge in [0.05, 0.1) is 63.9 Å². The molecule has 0 spiro atoms. The summed E-state index contributed by atoms with van der Waals surface area (Å²) in [6.45, 7) is 10.9. The van der Waals surface area contributed by atoms with Gasteiger partial charge in [-0.15, -0.1) is 0 Å². The predicted octanol–water partition coefficient (Wildman–Crippen LogP) is 11.5. The number of nitrogens with zero attached hydrogens (tertiary/aromatic N) is 6. The molecule has 5 heterocycles. The predicted molar refractivity (Wildman–Crippen MR) is 335 cm³/mol. The number of sulfone groups is 6. The topological polar surface area (TPSA) is 314 Å². The molecule has 0 radical (unpaired) electrons. The zero-order valence-corrected chi connectivity index (χ0v) is 53.6. The van der Waals surface area contributed by atoms with Crippen LogP contribution in [0, 0.1) is 0 Å². The average molecular weight is 1290 g/mol. The van der Waals surface area contributed by atoms with Gasteiger partial charge in [-0.1, -0.05) is 104 Å². The van der Waals surface area contributed by atoms with E-state index in [0.717, 1.165) is 10.8 Å². The van der Waals surface area contributed by atoms with Gasteiger partial charge in [-0.2, -0.15) is 0 Å². The molecule has 456 valence electrons. The van der Waals surface area contributed by atoms with Crippen molar-refractivity contribution >= 4 is 114 Å². The fourth-order valence-corrected chi connectivity index (χ4v) is 22.2. The Labute approximate surface area is 501 Å². The molecule has 0 unspecified atom stereocenters. The van der Waals surface area contributed by atoms with Crippen LogP contribution in [0.1, 0.15) is 119 Å². The molecule has 0 atom stereocenters. The Morgan fingerprint density at radius 1 is 0.291 bits per heavy atom. The van der Waals surface area contributed by atoms with Crippen LogP contribution in [0.2, 0.25) is 0 Å². The fourth-order valence-electron chi connectivity index (χ4n) is 10.6. The van der Waals surface area contributed by atoms with Crippen molar-refractivity contribution in [2.75, 3.05) is 34.5 Å². The van der Waals surface area contributed by atoms with Crippen LogP contribution in [0.15, 0.2) is 102 Å². The smallest absolute Gasteiger partial charge is 0.179 e. The lowest BCUT2D eigenvalue weighted by Gasteiger charge is -2.14. The Morgan fingerprint density at radius 3 is 0.721 bits per heavy atom. The molecule has 0 fully saturated rings. The summed E-state index contributed by atoms with van der Waals surface area (Å²) in [6.07, 6.45) is 4.19. The van der Waals surface area contributed by atoms with Crippen molar-refractivity contribution in [1.82, 2.24) is 39.9 Å². The molecule has 86 heavy (non-hydrogen) atoms. The number of hydrogen-bond donors (Lipinski definition) is 2. The van der Waals surface area contributed by atoms with E-state index in [-0.39, 0.29) is 140 Å². The lowest BCUT2D eigenvalue weighted by Crippen LogP contribution is -2.15. The van der Waals surface area contributed by atoms with Gasteiger partial charge < -0.3 is 9.97 Å². The van der Waals surface area contributed by atoms with Crippen molar-refractivity contribution in [3.8, 4) is 45.6 Å². The minimum absolute atomic E-state index is 0.0129. The zero-order chi connectivity index (χ0) is 61.7. The number of aromatic amines is 2. The second kappa shape index (κ2) is 24.2. The highest BCUT2D eigenvalue weighted by atomic mass is 32.2. The Morgan fingerprint density at radius 2 is 0.500 bits per heavy atom. The van der Waals surface area contributed by atoms with Crippen molar-refractivity contribution in [2.45, 2.75) is 148 Å². The van der Waals surface area contributed by atoms with Crippen LogP contribution in [0.3, 0.4) is 0 Å². The van der Waals surface area contributed by atoms with Gasteiger partial charge in [-0.05, 0) is 97.8 Å². The monoisotopic (exact) mass is 1280 g/mol. The van der Waals surface area contributed by atoms with E-state index in [1.54, 1.807) is 13.8 Å². The van der Waals surface area contributed by atoms with Crippen LogP contribution in [0.25, 0.3) is 100 Å². The van der Waals surface area contributed by atoms with Gasteiger partial charge in [0.15, 0.2) is 82.3 Å². The molecule has 26 heteroatoms. The highest BCUT2D eigenvalue weighted by Gasteiger charge is 2.35. The van der Waals surface area contributed by atoms with Crippen LogP contribution in [-0.2, 0) is 59.0 Å². The first-order valence-electron chi connectivity index (χ1n) is 29.1. The molecule has 2 aliphatic heterocycles. The van der Waals surface area contributed by atoms with E-state index in [2.05, 4.69) is 9.97 Å². The maximum atomic E-state index is 14.5. The van der Waals surface area contributed by atoms with E-state index in [4.69, 9.17) is 29.9 Å².